The van der Waals surface area contributed by atoms with Gasteiger partial charge in [-0.25, -0.2) is 0 Å². The number of anilines is 1. The van der Waals surface area contributed by atoms with E-state index in [9.17, 15) is 24.0 Å². The topological polar surface area (TPSA) is 143 Å². The number of ether oxygens (including phenoxy) is 1. The number of halogens is 1. The summed E-state index contributed by atoms with van der Waals surface area (Å²) >= 11 is 6.19. The number of piperidine rings is 2. The second kappa shape index (κ2) is 14.4. The zero-order valence-electron chi connectivity index (χ0n) is 31.1. The van der Waals surface area contributed by atoms with Gasteiger partial charge in [-0.05, 0) is 111 Å². The molecule has 13 heteroatoms. The van der Waals surface area contributed by atoms with Crippen molar-refractivity contribution < 1.29 is 28.7 Å². The van der Waals surface area contributed by atoms with E-state index in [2.05, 4.69) is 33.3 Å². The smallest absolute Gasteiger partial charge is 0.262 e. The molecule has 5 heterocycles. The highest BCUT2D eigenvalue weighted by atomic mass is 35.5. The summed E-state index contributed by atoms with van der Waals surface area (Å²) in [6.07, 6.45) is 6.39. The van der Waals surface area contributed by atoms with Crippen LogP contribution in [0.4, 0.5) is 5.69 Å². The van der Waals surface area contributed by atoms with Gasteiger partial charge in [0.15, 0.2) is 0 Å². The summed E-state index contributed by atoms with van der Waals surface area (Å²) in [5.41, 5.74) is 5.30. The van der Waals surface area contributed by atoms with Gasteiger partial charge in [0.2, 0.25) is 11.8 Å². The number of likely N-dealkylation sites (tertiary alicyclic amines) is 1. The molecule has 3 aromatic rings. The maximum Gasteiger partial charge on any atom is 0.262 e. The van der Waals surface area contributed by atoms with Crippen LogP contribution in [-0.2, 0) is 22.7 Å². The van der Waals surface area contributed by atoms with Crippen molar-refractivity contribution in [3.63, 3.8) is 0 Å². The van der Waals surface area contributed by atoms with E-state index >= 15 is 0 Å². The number of nitrogens with zero attached hydrogens (tertiary/aromatic N) is 5. The number of amides is 5. The molecule has 3 saturated heterocycles. The van der Waals surface area contributed by atoms with Crippen molar-refractivity contribution in [2.45, 2.75) is 76.6 Å². The normalized spacial score (nSPS) is 22.5. The predicted molar refractivity (Wildman–Crippen MR) is 206 cm³/mol. The number of carbonyl (C=O) groups excluding carboxylic acids is 5. The monoisotopic (exact) mass is 774 g/mol. The molecule has 0 radical (unpaired) electrons. The number of benzene rings is 3. The maximum atomic E-state index is 13.5. The summed E-state index contributed by atoms with van der Waals surface area (Å²) in [5.74, 6) is -0.731. The van der Waals surface area contributed by atoms with Gasteiger partial charge in [-0.15, -0.1) is 0 Å². The van der Waals surface area contributed by atoms with Gasteiger partial charge in [-0.1, -0.05) is 11.6 Å². The molecule has 9 rings (SSSR count). The third-order valence-corrected chi connectivity index (χ3v) is 13.2. The summed E-state index contributed by atoms with van der Waals surface area (Å²) in [5, 5.41) is 11.8. The minimum absolute atomic E-state index is 0.0701. The van der Waals surface area contributed by atoms with Crippen LogP contribution in [0.1, 0.15) is 99.1 Å². The molecule has 288 valence electrons. The average Bonchev–Trinajstić information content (AvgIpc) is 3.69. The second-order valence-corrected chi connectivity index (χ2v) is 16.9. The first-order valence-electron chi connectivity index (χ1n) is 19.7. The molecule has 1 N–H and O–H groups in total. The average molecular weight is 775 g/mol. The number of fused-ring (bicyclic) bond motifs is 2. The zero-order valence-corrected chi connectivity index (χ0v) is 31.9. The van der Waals surface area contributed by atoms with E-state index in [-0.39, 0.29) is 24.9 Å². The van der Waals surface area contributed by atoms with Gasteiger partial charge in [0.25, 0.3) is 17.7 Å². The van der Waals surface area contributed by atoms with E-state index in [1.807, 2.05) is 35.2 Å². The van der Waals surface area contributed by atoms with Crippen LogP contribution in [0.3, 0.4) is 0 Å². The Labute approximate surface area is 330 Å². The molecule has 5 amide bonds. The number of nitrogens with one attached hydrogen (secondary N) is 1. The molecule has 12 nitrogen and oxygen atoms in total. The van der Waals surface area contributed by atoms with Gasteiger partial charge in [0.05, 0.1) is 27.8 Å². The van der Waals surface area contributed by atoms with E-state index in [1.54, 1.807) is 12.1 Å². The molecule has 5 aliphatic heterocycles. The number of carbonyl (C=O) groups is 5. The van der Waals surface area contributed by atoms with Crippen molar-refractivity contribution in [2.75, 3.05) is 37.6 Å². The fourth-order valence-corrected chi connectivity index (χ4v) is 9.90. The lowest BCUT2D eigenvalue weighted by Crippen LogP contribution is -2.58. The van der Waals surface area contributed by atoms with Crippen LogP contribution in [0.5, 0.6) is 5.75 Å². The SMILES string of the molecule is N#Cc1ccc(OC2CCC3(CC2)CN(c2ccc(C(=O)N4CCC(CN5Cc6cc7c(cc6C5)C(=O)N(C5CCC(=O)NC5=O)C7=O)CC4)cc2)C3)cc1Cl. The number of nitriles is 1. The Kier molecular flexibility index (Phi) is 9.33. The zero-order chi connectivity index (χ0) is 38.7. The van der Waals surface area contributed by atoms with Crippen LogP contribution in [0.2, 0.25) is 5.02 Å². The maximum absolute atomic E-state index is 13.5. The number of imide groups is 2. The molecule has 56 heavy (non-hydrogen) atoms. The summed E-state index contributed by atoms with van der Waals surface area (Å²) < 4.78 is 6.20. The quantitative estimate of drug-likeness (QED) is 0.316. The molecule has 1 atom stereocenters. The van der Waals surface area contributed by atoms with Crippen LogP contribution in [0.15, 0.2) is 54.6 Å². The summed E-state index contributed by atoms with van der Waals surface area (Å²) in [7, 11) is 0. The lowest BCUT2D eigenvalue weighted by molar-refractivity contribution is -0.136. The van der Waals surface area contributed by atoms with E-state index in [0.29, 0.717) is 70.5 Å². The van der Waals surface area contributed by atoms with Crippen LogP contribution in [0, 0.1) is 22.7 Å². The van der Waals surface area contributed by atoms with Gasteiger partial charge >= 0.3 is 0 Å². The highest BCUT2D eigenvalue weighted by Gasteiger charge is 2.47. The van der Waals surface area contributed by atoms with Crippen LogP contribution >= 0.6 is 11.6 Å². The minimum Gasteiger partial charge on any atom is -0.490 e. The van der Waals surface area contributed by atoms with Crippen molar-refractivity contribution in [3.05, 3.63) is 93.0 Å². The Hall–Kier alpha value is -5.25. The number of hydrogen-bond donors (Lipinski definition) is 1. The molecule has 1 aliphatic carbocycles. The van der Waals surface area contributed by atoms with E-state index in [0.717, 1.165) is 79.9 Å². The fraction of sp³-hybridized carbons (Fsp3) is 0.442. The van der Waals surface area contributed by atoms with Crippen molar-refractivity contribution >= 4 is 46.8 Å². The lowest BCUT2D eigenvalue weighted by Gasteiger charge is -2.54. The number of hydrogen-bond acceptors (Lipinski definition) is 9. The first-order chi connectivity index (χ1) is 27.1. The predicted octanol–water partition coefficient (Wildman–Crippen LogP) is 5.31. The molecule has 1 saturated carbocycles. The second-order valence-electron chi connectivity index (χ2n) is 16.5. The number of rotatable bonds is 7. The van der Waals surface area contributed by atoms with Crippen LogP contribution < -0.4 is 15.0 Å². The molecule has 3 aromatic carbocycles. The third kappa shape index (κ3) is 6.71. The van der Waals surface area contributed by atoms with E-state index in [4.69, 9.17) is 21.6 Å². The Balaban J connectivity index is 0.722. The van der Waals surface area contributed by atoms with Crippen molar-refractivity contribution in [3.8, 4) is 11.8 Å². The molecule has 1 unspecified atom stereocenters. The minimum atomic E-state index is -0.968. The van der Waals surface area contributed by atoms with Crippen LogP contribution in [-0.4, -0.2) is 89.1 Å². The van der Waals surface area contributed by atoms with Gasteiger partial charge in [0.1, 0.15) is 17.9 Å². The first-order valence-corrected chi connectivity index (χ1v) is 20.0. The van der Waals surface area contributed by atoms with Crippen molar-refractivity contribution in [2.24, 2.45) is 11.3 Å². The standard InChI is InChI=1S/C43H43ClN6O6/c44-36-19-33(6-3-28(36)20-45)56-32-9-13-43(14-10-32)24-49(25-43)31-4-1-27(2-5-31)40(53)48-15-11-26(12-16-48)21-47-22-29-17-34-35(18-30(29)23-47)42(55)50(41(34)54)37-7-8-38(51)46-39(37)52/h1-6,17-19,26,32,37H,7-16,21-25H2,(H,46,51,52). The van der Waals surface area contributed by atoms with Crippen LogP contribution in [0.25, 0.3) is 0 Å². The van der Waals surface area contributed by atoms with E-state index < -0.39 is 29.7 Å². The lowest BCUT2D eigenvalue weighted by atomic mass is 9.67. The molecule has 6 aliphatic rings. The Morgan fingerprint density at radius 1 is 0.875 bits per heavy atom. The van der Waals surface area contributed by atoms with Gasteiger partial charge < -0.3 is 14.5 Å². The summed E-state index contributed by atoms with van der Waals surface area (Å²) in [6.45, 7) is 5.65. The first kappa shape index (κ1) is 36.4. The fourth-order valence-electron chi connectivity index (χ4n) is 9.68. The highest BCUT2D eigenvalue weighted by Crippen LogP contribution is 2.46. The third-order valence-electron chi connectivity index (χ3n) is 12.9. The molecule has 0 aromatic heterocycles. The molecule has 4 fully saturated rings. The Morgan fingerprint density at radius 3 is 2.14 bits per heavy atom. The van der Waals surface area contributed by atoms with E-state index in [1.165, 1.54) is 0 Å². The molecular formula is C43H43ClN6O6. The van der Waals surface area contributed by atoms with Crippen molar-refractivity contribution in [1.29, 1.82) is 5.26 Å². The molecular weight excluding hydrogens is 732 g/mol. The van der Waals surface area contributed by atoms with Gasteiger partial charge in [0, 0.05) is 75.0 Å². The Morgan fingerprint density at radius 2 is 1.54 bits per heavy atom. The largest absolute Gasteiger partial charge is 0.490 e. The van der Waals surface area contributed by atoms with Crippen molar-refractivity contribution in [1.82, 2.24) is 20.0 Å². The summed E-state index contributed by atoms with van der Waals surface area (Å²) in [6, 6.07) is 18.0. The molecule has 1 spiro atoms. The summed E-state index contributed by atoms with van der Waals surface area (Å²) in [4.78, 5) is 71.9. The Bertz CT molecular complexity index is 2130. The van der Waals surface area contributed by atoms with Gasteiger partial charge in [-0.3, -0.25) is 39.1 Å². The molecule has 0 bridgehead atoms. The highest BCUT2D eigenvalue weighted by molar-refractivity contribution is 6.31. The van der Waals surface area contributed by atoms with Gasteiger partial charge in [-0.2, -0.15) is 5.26 Å².